The van der Waals surface area contributed by atoms with E-state index in [4.69, 9.17) is 5.26 Å². The van der Waals surface area contributed by atoms with Gasteiger partial charge in [-0.1, -0.05) is 13.8 Å². The molecule has 1 aliphatic heterocycles. The van der Waals surface area contributed by atoms with E-state index < -0.39 is 0 Å². The average molecular weight is 223 g/mol. The number of piperazine rings is 1. The summed E-state index contributed by atoms with van der Waals surface area (Å²) in [5.74, 6) is 0.819. The molecule has 92 valence electrons. The first-order chi connectivity index (χ1) is 7.63. The standard InChI is InChI=1S/C13H25N3/c1-12(2)5-4-6-15-7-9-16(10-8-15)13(3)11-14/h12-13H,4-10H2,1-3H3. The third-order valence-electron chi connectivity index (χ3n) is 3.40. The summed E-state index contributed by atoms with van der Waals surface area (Å²) in [6, 6.07) is 2.40. The van der Waals surface area contributed by atoms with Gasteiger partial charge in [-0.2, -0.15) is 5.26 Å². The maximum Gasteiger partial charge on any atom is 0.0950 e. The van der Waals surface area contributed by atoms with Gasteiger partial charge in [0.2, 0.25) is 0 Å². The maximum absolute atomic E-state index is 8.85. The summed E-state index contributed by atoms with van der Waals surface area (Å²) in [5.41, 5.74) is 0. The Balaban J connectivity index is 2.15. The Morgan fingerprint density at radius 3 is 2.25 bits per heavy atom. The number of hydrogen-bond acceptors (Lipinski definition) is 3. The van der Waals surface area contributed by atoms with Gasteiger partial charge in [0, 0.05) is 26.2 Å². The van der Waals surface area contributed by atoms with Crippen LogP contribution < -0.4 is 0 Å². The smallest absolute Gasteiger partial charge is 0.0950 e. The minimum absolute atomic E-state index is 0.0813. The van der Waals surface area contributed by atoms with Gasteiger partial charge in [-0.25, -0.2) is 0 Å². The van der Waals surface area contributed by atoms with Crippen LogP contribution in [0.2, 0.25) is 0 Å². The van der Waals surface area contributed by atoms with Crippen molar-refractivity contribution < 1.29 is 0 Å². The van der Waals surface area contributed by atoms with Gasteiger partial charge in [0.1, 0.15) is 0 Å². The van der Waals surface area contributed by atoms with Crippen LogP contribution in [-0.4, -0.2) is 48.6 Å². The van der Waals surface area contributed by atoms with Crippen LogP contribution in [-0.2, 0) is 0 Å². The summed E-state index contributed by atoms with van der Waals surface area (Å²) in [5, 5.41) is 8.85. The van der Waals surface area contributed by atoms with E-state index in [1.807, 2.05) is 6.92 Å². The summed E-state index contributed by atoms with van der Waals surface area (Å²) in [7, 11) is 0. The van der Waals surface area contributed by atoms with Crippen LogP contribution in [0.5, 0.6) is 0 Å². The Hall–Kier alpha value is -0.590. The number of rotatable bonds is 5. The SMILES string of the molecule is CC(C)CCCN1CCN(C(C)C#N)CC1. The predicted molar refractivity (Wildman–Crippen MR) is 67.2 cm³/mol. The van der Waals surface area contributed by atoms with E-state index in [-0.39, 0.29) is 6.04 Å². The fourth-order valence-electron chi connectivity index (χ4n) is 2.18. The molecule has 0 amide bonds. The van der Waals surface area contributed by atoms with Crippen LogP contribution in [0.25, 0.3) is 0 Å². The lowest BCUT2D eigenvalue weighted by Gasteiger charge is -2.35. The second-order valence-electron chi connectivity index (χ2n) is 5.22. The summed E-state index contributed by atoms with van der Waals surface area (Å²) in [6.45, 7) is 12.2. The lowest BCUT2D eigenvalue weighted by molar-refractivity contribution is 0.117. The monoisotopic (exact) mass is 223 g/mol. The number of hydrogen-bond donors (Lipinski definition) is 0. The molecule has 0 bridgehead atoms. The molecule has 1 aliphatic rings. The summed E-state index contributed by atoms with van der Waals surface area (Å²) in [4.78, 5) is 4.81. The second kappa shape index (κ2) is 6.88. The van der Waals surface area contributed by atoms with E-state index in [1.54, 1.807) is 0 Å². The number of nitrogens with zero attached hydrogens (tertiary/aromatic N) is 3. The molecule has 0 aromatic rings. The van der Waals surface area contributed by atoms with E-state index in [0.717, 1.165) is 32.1 Å². The molecule has 0 saturated carbocycles. The molecule has 3 heteroatoms. The van der Waals surface area contributed by atoms with Crippen LogP contribution in [0.4, 0.5) is 0 Å². The first-order valence-corrected chi connectivity index (χ1v) is 6.49. The van der Waals surface area contributed by atoms with Gasteiger partial charge < -0.3 is 4.90 Å². The fourth-order valence-corrected chi connectivity index (χ4v) is 2.18. The number of nitriles is 1. The van der Waals surface area contributed by atoms with Crippen molar-refractivity contribution in [2.75, 3.05) is 32.7 Å². The lowest BCUT2D eigenvalue weighted by atomic mass is 10.1. The third-order valence-corrected chi connectivity index (χ3v) is 3.40. The van der Waals surface area contributed by atoms with Gasteiger partial charge in [0.25, 0.3) is 0 Å². The van der Waals surface area contributed by atoms with Crippen molar-refractivity contribution in [3.05, 3.63) is 0 Å². The molecule has 0 aromatic carbocycles. The van der Waals surface area contributed by atoms with E-state index in [1.165, 1.54) is 19.4 Å². The highest BCUT2D eigenvalue weighted by Crippen LogP contribution is 2.09. The molecule has 1 atom stereocenters. The van der Waals surface area contributed by atoms with Crippen LogP contribution in [0.1, 0.15) is 33.6 Å². The van der Waals surface area contributed by atoms with E-state index in [0.29, 0.717) is 0 Å². The molecular weight excluding hydrogens is 198 g/mol. The Bertz CT molecular complexity index is 224. The highest BCUT2D eigenvalue weighted by atomic mass is 15.3. The molecule has 1 saturated heterocycles. The molecule has 1 unspecified atom stereocenters. The summed E-state index contributed by atoms with van der Waals surface area (Å²) >= 11 is 0. The highest BCUT2D eigenvalue weighted by Gasteiger charge is 2.20. The van der Waals surface area contributed by atoms with Crippen LogP contribution in [0.3, 0.4) is 0 Å². The minimum Gasteiger partial charge on any atom is -0.301 e. The Kier molecular flexibility index (Phi) is 5.79. The Morgan fingerprint density at radius 1 is 1.12 bits per heavy atom. The molecule has 16 heavy (non-hydrogen) atoms. The third kappa shape index (κ3) is 4.51. The molecule has 1 rings (SSSR count). The molecule has 3 nitrogen and oxygen atoms in total. The molecule has 1 heterocycles. The van der Waals surface area contributed by atoms with Crippen molar-refractivity contribution in [1.29, 1.82) is 5.26 Å². The first kappa shape index (κ1) is 13.5. The van der Waals surface area contributed by atoms with Crippen molar-refractivity contribution in [3.63, 3.8) is 0 Å². The van der Waals surface area contributed by atoms with Gasteiger partial charge >= 0.3 is 0 Å². The zero-order chi connectivity index (χ0) is 12.0. The minimum atomic E-state index is 0.0813. The molecule has 0 N–H and O–H groups in total. The van der Waals surface area contributed by atoms with Crippen LogP contribution >= 0.6 is 0 Å². The molecular formula is C13H25N3. The summed E-state index contributed by atoms with van der Waals surface area (Å²) in [6.07, 6.45) is 2.64. The summed E-state index contributed by atoms with van der Waals surface area (Å²) < 4.78 is 0. The van der Waals surface area contributed by atoms with Gasteiger partial charge in [0.05, 0.1) is 12.1 Å². The van der Waals surface area contributed by atoms with Crippen LogP contribution in [0.15, 0.2) is 0 Å². The fraction of sp³-hybridized carbons (Fsp3) is 0.923. The Morgan fingerprint density at radius 2 is 1.75 bits per heavy atom. The second-order valence-corrected chi connectivity index (χ2v) is 5.22. The first-order valence-electron chi connectivity index (χ1n) is 6.49. The van der Waals surface area contributed by atoms with Gasteiger partial charge in [0.15, 0.2) is 0 Å². The topological polar surface area (TPSA) is 30.3 Å². The maximum atomic E-state index is 8.85. The van der Waals surface area contributed by atoms with E-state index in [2.05, 4.69) is 29.7 Å². The van der Waals surface area contributed by atoms with Gasteiger partial charge in [-0.05, 0) is 32.2 Å². The molecule has 1 fully saturated rings. The van der Waals surface area contributed by atoms with Gasteiger partial charge in [-0.3, -0.25) is 4.90 Å². The molecule has 0 aromatic heterocycles. The predicted octanol–water partition coefficient (Wildman–Crippen LogP) is 1.95. The van der Waals surface area contributed by atoms with Crippen molar-refractivity contribution in [2.24, 2.45) is 5.92 Å². The van der Waals surface area contributed by atoms with Gasteiger partial charge in [-0.15, -0.1) is 0 Å². The average Bonchev–Trinajstić information content (AvgIpc) is 2.28. The zero-order valence-corrected chi connectivity index (χ0v) is 10.9. The highest BCUT2D eigenvalue weighted by molar-refractivity contribution is 4.90. The van der Waals surface area contributed by atoms with Crippen molar-refractivity contribution in [1.82, 2.24) is 9.80 Å². The molecule has 0 aliphatic carbocycles. The van der Waals surface area contributed by atoms with Crippen LogP contribution in [0, 0.1) is 17.2 Å². The normalized spacial score (nSPS) is 20.9. The van der Waals surface area contributed by atoms with E-state index >= 15 is 0 Å². The largest absolute Gasteiger partial charge is 0.301 e. The van der Waals surface area contributed by atoms with Crippen molar-refractivity contribution in [2.45, 2.75) is 39.7 Å². The lowest BCUT2D eigenvalue weighted by Crippen LogP contribution is -2.49. The quantitative estimate of drug-likeness (QED) is 0.713. The Labute approximate surface area is 100 Å². The van der Waals surface area contributed by atoms with Crippen molar-refractivity contribution >= 4 is 0 Å². The van der Waals surface area contributed by atoms with E-state index in [9.17, 15) is 0 Å². The molecule has 0 spiro atoms. The zero-order valence-electron chi connectivity index (χ0n) is 10.9. The molecule has 0 radical (unpaired) electrons. The van der Waals surface area contributed by atoms with Crippen molar-refractivity contribution in [3.8, 4) is 6.07 Å².